The van der Waals surface area contributed by atoms with Crippen LogP contribution in [0.5, 0.6) is 5.88 Å². The van der Waals surface area contributed by atoms with E-state index in [-0.39, 0.29) is 12.1 Å². The van der Waals surface area contributed by atoms with Gasteiger partial charge in [0.2, 0.25) is 5.88 Å². The van der Waals surface area contributed by atoms with Crippen LogP contribution >= 0.6 is 0 Å². The van der Waals surface area contributed by atoms with Gasteiger partial charge in [-0.05, 0) is 23.8 Å². The molecule has 0 bridgehead atoms. The summed E-state index contributed by atoms with van der Waals surface area (Å²) in [6.07, 6.45) is 0.245. The maximum absolute atomic E-state index is 13.1. The van der Waals surface area contributed by atoms with Crippen LogP contribution in [0.25, 0.3) is 0 Å². The number of ether oxygens (including phenoxy) is 1. The van der Waals surface area contributed by atoms with Gasteiger partial charge in [0.25, 0.3) is 0 Å². The molecule has 0 fully saturated rings. The number of methoxy groups -OCH3 is 1. The molecule has 0 saturated carbocycles. The van der Waals surface area contributed by atoms with Crippen molar-refractivity contribution in [3.05, 3.63) is 53.7 Å². The Morgan fingerprint density at radius 1 is 1.30 bits per heavy atom. The number of urea groups is 1. The maximum atomic E-state index is 13.1. The van der Waals surface area contributed by atoms with E-state index >= 15 is 0 Å². The van der Waals surface area contributed by atoms with Gasteiger partial charge in [0.1, 0.15) is 0 Å². The third-order valence-electron chi connectivity index (χ3n) is 2.99. The number of aliphatic hydroxyl groups excluding tert-OH is 1. The van der Waals surface area contributed by atoms with Crippen molar-refractivity contribution in [2.75, 3.05) is 19.0 Å². The van der Waals surface area contributed by atoms with Gasteiger partial charge in [-0.15, -0.1) is 0 Å². The fourth-order valence-corrected chi connectivity index (χ4v) is 1.78. The number of aliphatic hydroxyl groups is 1. The zero-order chi connectivity index (χ0) is 16.8. The number of amides is 2. The van der Waals surface area contributed by atoms with Crippen molar-refractivity contribution in [3.63, 3.8) is 0 Å². The number of hydrogen-bond donors (Lipinski definition) is 3. The first-order valence-electron chi connectivity index (χ1n) is 6.67. The van der Waals surface area contributed by atoms with Crippen LogP contribution in [0.3, 0.4) is 0 Å². The molecule has 0 radical (unpaired) electrons. The van der Waals surface area contributed by atoms with Crippen LogP contribution in [0.4, 0.5) is 19.3 Å². The highest BCUT2D eigenvalue weighted by molar-refractivity contribution is 5.89. The molecule has 23 heavy (non-hydrogen) atoms. The van der Waals surface area contributed by atoms with Crippen molar-refractivity contribution in [3.8, 4) is 5.88 Å². The van der Waals surface area contributed by atoms with Crippen LogP contribution in [0.2, 0.25) is 0 Å². The van der Waals surface area contributed by atoms with Gasteiger partial charge in [-0.3, -0.25) is 0 Å². The topological polar surface area (TPSA) is 83.5 Å². The molecule has 0 aliphatic heterocycles. The molecule has 0 aliphatic rings. The van der Waals surface area contributed by atoms with Gasteiger partial charge in [-0.1, -0.05) is 6.07 Å². The van der Waals surface area contributed by atoms with Crippen LogP contribution < -0.4 is 15.4 Å². The lowest BCUT2D eigenvalue weighted by molar-refractivity contribution is 0.174. The predicted octanol–water partition coefficient (Wildman–Crippen LogP) is 2.22. The highest BCUT2D eigenvalue weighted by Crippen LogP contribution is 2.16. The SMILES string of the molecule is COc1ccc(NC(=O)NCC(O)c2ccc(F)c(F)c2)cn1. The second kappa shape index (κ2) is 7.50. The van der Waals surface area contributed by atoms with E-state index in [9.17, 15) is 18.7 Å². The molecule has 0 saturated heterocycles. The lowest BCUT2D eigenvalue weighted by Crippen LogP contribution is -2.32. The van der Waals surface area contributed by atoms with Gasteiger partial charge in [0, 0.05) is 12.6 Å². The van der Waals surface area contributed by atoms with Crippen molar-refractivity contribution in [2.45, 2.75) is 6.10 Å². The molecule has 2 aromatic rings. The second-order valence-electron chi connectivity index (χ2n) is 4.61. The molecule has 0 spiro atoms. The molecule has 122 valence electrons. The van der Waals surface area contributed by atoms with E-state index in [1.807, 2.05) is 0 Å². The van der Waals surface area contributed by atoms with Crippen LogP contribution in [-0.2, 0) is 0 Å². The van der Waals surface area contributed by atoms with Crippen molar-refractivity contribution < 1.29 is 23.4 Å². The minimum absolute atomic E-state index is 0.162. The Balaban J connectivity index is 1.86. The average Bonchev–Trinajstić information content (AvgIpc) is 2.56. The van der Waals surface area contributed by atoms with E-state index in [4.69, 9.17) is 4.74 Å². The number of benzene rings is 1. The minimum Gasteiger partial charge on any atom is -0.481 e. The lowest BCUT2D eigenvalue weighted by atomic mass is 10.1. The summed E-state index contributed by atoms with van der Waals surface area (Å²) < 4.78 is 30.8. The molecule has 2 amide bonds. The zero-order valence-corrected chi connectivity index (χ0v) is 12.2. The lowest BCUT2D eigenvalue weighted by Gasteiger charge is -2.13. The molecular formula is C15H15F2N3O3. The smallest absolute Gasteiger partial charge is 0.319 e. The molecule has 6 nitrogen and oxygen atoms in total. The van der Waals surface area contributed by atoms with Crippen LogP contribution in [0, 0.1) is 11.6 Å². The molecule has 1 aromatic heterocycles. The normalized spacial score (nSPS) is 11.7. The van der Waals surface area contributed by atoms with E-state index in [0.717, 1.165) is 12.1 Å². The molecule has 2 rings (SSSR count). The summed E-state index contributed by atoms with van der Waals surface area (Å²) in [4.78, 5) is 15.6. The number of halogens is 2. The van der Waals surface area contributed by atoms with Gasteiger partial charge < -0.3 is 20.5 Å². The first kappa shape index (κ1) is 16.6. The Bertz CT molecular complexity index is 680. The van der Waals surface area contributed by atoms with Crippen LogP contribution in [0.1, 0.15) is 11.7 Å². The molecule has 1 aromatic carbocycles. The van der Waals surface area contributed by atoms with Crippen molar-refractivity contribution in [1.82, 2.24) is 10.3 Å². The summed E-state index contributed by atoms with van der Waals surface area (Å²) >= 11 is 0. The molecule has 1 unspecified atom stereocenters. The first-order valence-corrected chi connectivity index (χ1v) is 6.67. The Labute approximate surface area is 131 Å². The van der Waals surface area contributed by atoms with Crippen molar-refractivity contribution in [1.29, 1.82) is 0 Å². The van der Waals surface area contributed by atoms with E-state index in [2.05, 4.69) is 15.6 Å². The second-order valence-corrected chi connectivity index (χ2v) is 4.61. The van der Waals surface area contributed by atoms with Gasteiger partial charge in [0.15, 0.2) is 11.6 Å². The minimum atomic E-state index is -1.16. The van der Waals surface area contributed by atoms with E-state index in [1.54, 1.807) is 12.1 Å². The maximum Gasteiger partial charge on any atom is 0.319 e. The summed E-state index contributed by atoms with van der Waals surface area (Å²) in [6.45, 7) is -0.166. The molecule has 1 atom stereocenters. The molecule has 3 N–H and O–H groups in total. The highest BCUT2D eigenvalue weighted by atomic mass is 19.2. The molecule has 1 heterocycles. The Hall–Kier alpha value is -2.74. The summed E-state index contributed by atoms with van der Waals surface area (Å²) in [5.74, 6) is -1.65. The summed E-state index contributed by atoms with van der Waals surface area (Å²) in [7, 11) is 1.47. The molecule has 0 aliphatic carbocycles. The molecular weight excluding hydrogens is 308 g/mol. The fraction of sp³-hybridized carbons (Fsp3) is 0.200. The van der Waals surface area contributed by atoms with Gasteiger partial charge in [0.05, 0.1) is 25.1 Å². The number of rotatable bonds is 5. The monoisotopic (exact) mass is 323 g/mol. The number of nitrogens with one attached hydrogen (secondary N) is 2. The quantitative estimate of drug-likeness (QED) is 0.788. The number of aromatic nitrogens is 1. The first-order chi connectivity index (χ1) is 11.0. The van der Waals surface area contributed by atoms with Crippen molar-refractivity contribution in [2.24, 2.45) is 0 Å². The highest BCUT2D eigenvalue weighted by Gasteiger charge is 2.12. The number of nitrogens with zero attached hydrogens (tertiary/aromatic N) is 1. The van der Waals surface area contributed by atoms with E-state index in [0.29, 0.717) is 11.6 Å². The predicted molar refractivity (Wildman–Crippen MR) is 79.1 cm³/mol. The number of pyridine rings is 1. The number of carbonyl (C=O) groups excluding carboxylic acids is 1. The third kappa shape index (κ3) is 4.62. The Kier molecular flexibility index (Phi) is 5.42. The van der Waals surface area contributed by atoms with Gasteiger partial charge in [-0.25, -0.2) is 18.6 Å². The summed E-state index contributed by atoms with van der Waals surface area (Å²) in [5, 5.41) is 14.8. The fourth-order valence-electron chi connectivity index (χ4n) is 1.78. The molecule has 8 heteroatoms. The van der Waals surface area contributed by atoms with Gasteiger partial charge >= 0.3 is 6.03 Å². The van der Waals surface area contributed by atoms with E-state index < -0.39 is 23.8 Å². The third-order valence-corrected chi connectivity index (χ3v) is 2.99. The van der Waals surface area contributed by atoms with Crippen molar-refractivity contribution >= 4 is 11.7 Å². The standard InChI is InChI=1S/C15H15F2N3O3/c1-23-14-5-3-10(7-18-14)20-15(22)19-8-13(21)9-2-4-11(16)12(17)6-9/h2-7,13,21H,8H2,1H3,(H2,19,20,22). The summed E-state index contributed by atoms with van der Waals surface area (Å²) in [5.41, 5.74) is 0.598. The number of anilines is 1. The van der Waals surface area contributed by atoms with E-state index in [1.165, 1.54) is 19.4 Å². The Morgan fingerprint density at radius 3 is 2.70 bits per heavy atom. The largest absolute Gasteiger partial charge is 0.481 e. The zero-order valence-electron chi connectivity index (χ0n) is 12.2. The van der Waals surface area contributed by atoms with Crippen LogP contribution in [-0.4, -0.2) is 29.8 Å². The Morgan fingerprint density at radius 2 is 2.09 bits per heavy atom. The van der Waals surface area contributed by atoms with Crippen LogP contribution in [0.15, 0.2) is 36.5 Å². The average molecular weight is 323 g/mol. The number of carbonyl (C=O) groups is 1. The number of hydrogen-bond acceptors (Lipinski definition) is 4. The van der Waals surface area contributed by atoms with Gasteiger partial charge in [-0.2, -0.15) is 0 Å². The summed E-state index contributed by atoms with van der Waals surface area (Å²) in [6, 6.07) is 5.64.